The van der Waals surface area contributed by atoms with Crippen molar-refractivity contribution >= 4 is 17.8 Å². The van der Waals surface area contributed by atoms with E-state index in [-0.39, 0.29) is 11.5 Å². The Labute approximate surface area is 156 Å². The Kier molecular flexibility index (Phi) is 4.92. The maximum atomic E-state index is 14.2. The van der Waals surface area contributed by atoms with E-state index in [2.05, 4.69) is 5.32 Å². The summed E-state index contributed by atoms with van der Waals surface area (Å²) in [6, 6.07) is 1.92. The van der Waals surface area contributed by atoms with Crippen LogP contribution in [0.4, 0.5) is 13.6 Å². The first-order valence-electron chi connectivity index (χ1n) is 8.99. The number of hydrogen-bond donors (Lipinski definition) is 1. The number of rotatable bonds is 3. The van der Waals surface area contributed by atoms with Gasteiger partial charge in [0, 0.05) is 18.7 Å². The molecule has 0 spiro atoms. The van der Waals surface area contributed by atoms with Crippen LogP contribution in [-0.2, 0) is 15.1 Å². The molecule has 8 heteroatoms. The fourth-order valence-corrected chi connectivity index (χ4v) is 4.01. The smallest absolute Gasteiger partial charge is 0.325 e. The lowest BCUT2D eigenvalue weighted by Crippen LogP contribution is -2.48. The van der Waals surface area contributed by atoms with Gasteiger partial charge in [-0.3, -0.25) is 14.5 Å². The van der Waals surface area contributed by atoms with Gasteiger partial charge in [-0.25, -0.2) is 13.6 Å². The molecule has 0 aliphatic carbocycles. The largest absolute Gasteiger partial charge is 0.341 e. The number of likely N-dealkylation sites (tertiary alicyclic amines) is 1. The zero-order valence-electron chi connectivity index (χ0n) is 15.6. The molecule has 2 saturated heterocycles. The van der Waals surface area contributed by atoms with Crippen LogP contribution >= 0.6 is 0 Å². The van der Waals surface area contributed by atoms with Crippen LogP contribution < -0.4 is 5.32 Å². The lowest BCUT2D eigenvalue weighted by Gasteiger charge is -2.35. The third-order valence-corrected chi connectivity index (χ3v) is 5.26. The Hall–Kier alpha value is -2.51. The van der Waals surface area contributed by atoms with Crippen molar-refractivity contribution in [3.63, 3.8) is 0 Å². The third-order valence-electron chi connectivity index (χ3n) is 5.26. The molecule has 4 amide bonds. The quantitative estimate of drug-likeness (QED) is 0.819. The van der Waals surface area contributed by atoms with Gasteiger partial charge in [0.15, 0.2) is 0 Å². The van der Waals surface area contributed by atoms with Crippen LogP contribution in [0.1, 0.15) is 32.8 Å². The first kappa shape index (κ1) is 19.3. The van der Waals surface area contributed by atoms with E-state index in [9.17, 15) is 23.2 Å². The molecule has 6 nitrogen and oxygen atoms in total. The maximum Gasteiger partial charge on any atom is 0.325 e. The number of carbonyl (C=O) groups is 3. The fraction of sp³-hybridized carbons (Fsp3) is 0.526. The lowest BCUT2D eigenvalue weighted by atomic mass is 9.91. The van der Waals surface area contributed by atoms with Gasteiger partial charge in [0.1, 0.15) is 23.7 Å². The molecule has 2 fully saturated rings. The minimum atomic E-state index is -1.76. The number of piperidine rings is 1. The van der Waals surface area contributed by atoms with Crippen molar-refractivity contribution in [2.45, 2.75) is 32.7 Å². The highest BCUT2D eigenvalue weighted by atomic mass is 19.1. The normalized spacial score (nSPS) is 28.5. The van der Waals surface area contributed by atoms with E-state index in [1.54, 1.807) is 4.90 Å². The van der Waals surface area contributed by atoms with E-state index in [1.807, 2.05) is 13.8 Å². The molecule has 2 heterocycles. The number of halogens is 2. The molecule has 27 heavy (non-hydrogen) atoms. The zero-order valence-corrected chi connectivity index (χ0v) is 15.6. The summed E-state index contributed by atoms with van der Waals surface area (Å²) in [4.78, 5) is 40.2. The predicted molar refractivity (Wildman–Crippen MR) is 93.5 cm³/mol. The molecule has 2 aliphatic heterocycles. The van der Waals surface area contributed by atoms with Crippen molar-refractivity contribution in [3.8, 4) is 0 Å². The highest BCUT2D eigenvalue weighted by Gasteiger charge is 2.51. The average molecular weight is 379 g/mol. The van der Waals surface area contributed by atoms with Gasteiger partial charge < -0.3 is 10.2 Å². The number of nitrogens with one attached hydrogen (secondary N) is 1. The summed E-state index contributed by atoms with van der Waals surface area (Å²) in [5, 5.41) is 2.40. The minimum absolute atomic E-state index is 0.268. The van der Waals surface area contributed by atoms with E-state index in [0.717, 1.165) is 29.5 Å². The molecule has 2 aliphatic rings. The molecule has 0 unspecified atom stereocenters. The lowest BCUT2D eigenvalue weighted by molar-refractivity contribution is -0.140. The van der Waals surface area contributed by atoms with Gasteiger partial charge in [-0.15, -0.1) is 0 Å². The number of benzene rings is 1. The van der Waals surface area contributed by atoms with Crippen molar-refractivity contribution in [2.24, 2.45) is 11.8 Å². The molecule has 0 aromatic heterocycles. The topological polar surface area (TPSA) is 69.7 Å². The molecular formula is C19H23F2N3O3. The molecule has 0 bridgehead atoms. The monoisotopic (exact) mass is 379 g/mol. The first-order chi connectivity index (χ1) is 12.6. The highest BCUT2D eigenvalue weighted by Crippen LogP contribution is 2.31. The van der Waals surface area contributed by atoms with Crippen LogP contribution in [0.3, 0.4) is 0 Å². The van der Waals surface area contributed by atoms with E-state index in [0.29, 0.717) is 24.9 Å². The summed E-state index contributed by atoms with van der Waals surface area (Å²) in [6.45, 7) is 6.13. The highest BCUT2D eigenvalue weighted by molar-refractivity contribution is 6.09. The number of amides is 4. The SMILES string of the molecule is C[C@H]1C[C@H](C)CN(C(=O)CN2C(=O)N[C@](C)(c3cc(F)ccc3F)C2=O)C1. The van der Waals surface area contributed by atoms with Crippen LogP contribution in [-0.4, -0.2) is 47.3 Å². The van der Waals surface area contributed by atoms with E-state index in [1.165, 1.54) is 6.92 Å². The predicted octanol–water partition coefficient (Wildman–Crippen LogP) is 2.24. The fourth-order valence-electron chi connectivity index (χ4n) is 4.01. The molecular weight excluding hydrogens is 356 g/mol. The van der Waals surface area contributed by atoms with E-state index < -0.39 is 35.7 Å². The van der Waals surface area contributed by atoms with Crippen LogP contribution in [0, 0.1) is 23.5 Å². The van der Waals surface area contributed by atoms with Gasteiger partial charge in [0.2, 0.25) is 5.91 Å². The second-order valence-electron chi connectivity index (χ2n) is 7.82. The van der Waals surface area contributed by atoms with Crippen LogP contribution in [0.15, 0.2) is 18.2 Å². The summed E-state index contributed by atoms with van der Waals surface area (Å²) in [7, 11) is 0. The minimum Gasteiger partial charge on any atom is -0.341 e. The summed E-state index contributed by atoms with van der Waals surface area (Å²) in [5.74, 6) is -1.95. The molecule has 3 atom stereocenters. The van der Waals surface area contributed by atoms with Gasteiger partial charge in [-0.05, 0) is 43.4 Å². The number of nitrogens with zero attached hydrogens (tertiary/aromatic N) is 2. The molecule has 3 rings (SSSR count). The van der Waals surface area contributed by atoms with Gasteiger partial charge in [0.05, 0.1) is 0 Å². The average Bonchev–Trinajstić information content (AvgIpc) is 2.80. The molecule has 0 radical (unpaired) electrons. The maximum absolute atomic E-state index is 14.2. The Morgan fingerprint density at radius 1 is 1.22 bits per heavy atom. The van der Waals surface area contributed by atoms with E-state index >= 15 is 0 Å². The van der Waals surface area contributed by atoms with E-state index in [4.69, 9.17) is 0 Å². The summed E-state index contributed by atoms with van der Waals surface area (Å²) < 4.78 is 27.7. The van der Waals surface area contributed by atoms with Crippen molar-refractivity contribution in [3.05, 3.63) is 35.4 Å². The summed E-state index contributed by atoms with van der Waals surface area (Å²) in [5.41, 5.74) is -2.03. The van der Waals surface area contributed by atoms with Crippen LogP contribution in [0.5, 0.6) is 0 Å². The summed E-state index contributed by atoms with van der Waals surface area (Å²) in [6.07, 6.45) is 1.02. The zero-order chi connectivity index (χ0) is 19.9. The number of carbonyl (C=O) groups excluding carboxylic acids is 3. The van der Waals surface area contributed by atoms with Crippen molar-refractivity contribution in [1.29, 1.82) is 0 Å². The molecule has 1 aromatic rings. The standard InChI is InChI=1S/C19H23F2N3O3/c1-11-6-12(2)9-23(8-11)16(25)10-24-17(26)19(3,22-18(24)27)14-7-13(20)4-5-15(14)21/h4-5,7,11-12H,6,8-10H2,1-3H3,(H,22,27)/t11-,12-,19+/m0/s1. The van der Waals surface area contributed by atoms with Gasteiger partial charge in [0.25, 0.3) is 5.91 Å². The molecule has 146 valence electrons. The number of urea groups is 1. The summed E-state index contributed by atoms with van der Waals surface area (Å²) >= 11 is 0. The van der Waals surface area contributed by atoms with Gasteiger partial charge >= 0.3 is 6.03 Å². The number of hydrogen-bond acceptors (Lipinski definition) is 3. The first-order valence-corrected chi connectivity index (χ1v) is 8.99. The van der Waals surface area contributed by atoms with Crippen molar-refractivity contribution < 1.29 is 23.2 Å². The van der Waals surface area contributed by atoms with Crippen molar-refractivity contribution in [1.82, 2.24) is 15.1 Å². The third kappa shape index (κ3) is 3.52. The molecule has 1 aromatic carbocycles. The molecule has 1 N–H and O–H groups in total. The van der Waals surface area contributed by atoms with Gasteiger partial charge in [-0.1, -0.05) is 13.8 Å². The van der Waals surface area contributed by atoms with Crippen molar-refractivity contribution in [2.75, 3.05) is 19.6 Å². The second-order valence-corrected chi connectivity index (χ2v) is 7.82. The second kappa shape index (κ2) is 6.90. The van der Waals surface area contributed by atoms with Crippen LogP contribution in [0.2, 0.25) is 0 Å². The van der Waals surface area contributed by atoms with Gasteiger partial charge in [-0.2, -0.15) is 0 Å². The Morgan fingerprint density at radius 2 is 1.85 bits per heavy atom. The number of imide groups is 1. The van der Waals surface area contributed by atoms with Crippen LogP contribution in [0.25, 0.3) is 0 Å². The molecule has 0 saturated carbocycles. The Balaban J connectivity index is 1.80. The Bertz CT molecular complexity index is 790. The Morgan fingerprint density at radius 3 is 2.48 bits per heavy atom.